The molecule has 1 fully saturated rings. The molecule has 3 N–H and O–H groups in total. The second-order valence-electron chi connectivity index (χ2n) is 5.50. The molecule has 23 heavy (non-hydrogen) atoms. The highest BCUT2D eigenvalue weighted by molar-refractivity contribution is 5.99. The number of hydrogen-bond donors (Lipinski definition) is 2. The standard InChI is InChI=1S/C14H18N4O5/c1-2-3-17-9-7-23-5-4-16(9)14(22)10-12(20)11(19)8(13(15)21)6-18(10)17/h6,9,20H,2-5,7H2,1H3,(H2,15,21)/t9-/m1/s1. The molecule has 1 atom stereocenters. The maximum atomic E-state index is 12.7. The maximum absolute atomic E-state index is 12.7. The van der Waals surface area contributed by atoms with Gasteiger partial charge in [-0.1, -0.05) is 6.92 Å². The van der Waals surface area contributed by atoms with Gasteiger partial charge in [-0.15, -0.1) is 0 Å². The molecule has 1 aromatic rings. The van der Waals surface area contributed by atoms with Crippen LogP contribution in [0.1, 0.15) is 34.2 Å². The molecule has 1 aromatic heterocycles. The molecule has 0 spiro atoms. The molecule has 0 unspecified atom stereocenters. The van der Waals surface area contributed by atoms with E-state index < -0.39 is 23.0 Å². The van der Waals surface area contributed by atoms with Crippen molar-refractivity contribution in [3.05, 3.63) is 27.7 Å². The zero-order chi connectivity index (χ0) is 16.7. The molecular formula is C14H18N4O5. The second kappa shape index (κ2) is 5.58. The van der Waals surface area contributed by atoms with Gasteiger partial charge in [0.15, 0.2) is 11.4 Å². The van der Waals surface area contributed by atoms with Gasteiger partial charge < -0.3 is 20.5 Å². The van der Waals surface area contributed by atoms with E-state index in [4.69, 9.17) is 10.5 Å². The van der Waals surface area contributed by atoms with Gasteiger partial charge in [0.25, 0.3) is 11.8 Å². The van der Waals surface area contributed by atoms with Gasteiger partial charge in [0.2, 0.25) is 5.43 Å². The average Bonchev–Trinajstić information content (AvgIpc) is 2.53. The lowest BCUT2D eigenvalue weighted by Gasteiger charge is -2.48. The number of aromatic nitrogens is 1. The van der Waals surface area contributed by atoms with Crippen molar-refractivity contribution in [1.82, 2.24) is 9.58 Å². The van der Waals surface area contributed by atoms with Gasteiger partial charge in [-0.3, -0.25) is 24.1 Å². The highest BCUT2D eigenvalue weighted by atomic mass is 16.5. The summed E-state index contributed by atoms with van der Waals surface area (Å²) in [6, 6.07) is 0. The smallest absolute Gasteiger partial charge is 0.278 e. The predicted molar refractivity (Wildman–Crippen MR) is 79.9 cm³/mol. The number of hydrogen-bond acceptors (Lipinski definition) is 6. The van der Waals surface area contributed by atoms with Crippen molar-refractivity contribution in [3.63, 3.8) is 0 Å². The highest BCUT2D eigenvalue weighted by Gasteiger charge is 2.41. The minimum Gasteiger partial charge on any atom is -0.502 e. The number of nitrogens with two attached hydrogens (primary N) is 1. The molecular weight excluding hydrogens is 304 g/mol. The van der Waals surface area contributed by atoms with E-state index in [0.717, 1.165) is 6.42 Å². The minimum absolute atomic E-state index is 0.147. The van der Waals surface area contributed by atoms with Crippen LogP contribution in [0.2, 0.25) is 0 Å². The molecule has 3 heterocycles. The van der Waals surface area contributed by atoms with Crippen LogP contribution in [0.5, 0.6) is 5.75 Å². The first kappa shape index (κ1) is 15.3. The van der Waals surface area contributed by atoms with Crippen molar-refractivity contribution in [2.24, 2.45) is 5.73 Å². The summed E-state index contributed by atoms with van der Waals surface area (Å²) in [5, 5.41) is 12.0. The van der Waals surface area contributed by atoms with E-state index in [9.17, 15) is 19.5 Å². The lowest BCUT2D eigenvalue weighted by atomic mass is 10.1. The summed E-state index contributed by atoms with van der Waals surface area (Å²) < 4.78 is 6.81. The molecule has 3 rings (SSSR count). The third kappa shape index (κ3) is 2.24. The van der Waals surface area contributed by atoms with Crippen LogP contribution in [0.4, 0.5) is 0 Å². The number of rotatable bonds is 3. The Kier molecular flexibility index (Phi) is 3.72. The third-order valence-corrected chi connectivity index (χ3v) is 4.07. The Morgan fingerprint density at radius 1 is 1.48 bits per heavy atom. The third-order valence-electron chi connectivity index (χ3n) is 4.07. The Hall–Kier alpha value is -2.55. The zero-order valence-electron chi connectivity index (χ0n) is 12.7. The van der Waals surface area contributed by atoms with Crippen LogP contribution >= 0.6 is 0 Å². The van der Waals surface area contributed by atoms with Gasteiger partial charge in [-0.2, -0.15) is 0 Å². The number of fused-ring (bicyclic) bond motifs is 2. The van der Waals surface area contributed by atoms with E-state index >= 15 is 0 Å². The van der Waals surface area contributed by atoms with Gasteiger partial charge in [-0.05, 0) is 6.42 Å². The quantitative estimate of drug-likeness (QED) is 0.723. The van der Waals surface area contributed by atoms with Gasteiger partial charge in [0.05, 0.1) is 13.2 Å². The first-order valence-corrected chi connectivity index (χ1v) is 7.41. The van der Waals surface area contributed by atoms with Crippen molar-refractivity contribution in [1.29, 1.82) is 0 Å². The van der Waals surface area contributed by atoms with E-state index in [0.29, 0.717) is 26.3 Å². The van der Waals surface area contributed by atoms with Gasteiger partial charge >= 0.3 is 0 Å². The molecule has 124 valence electrons. The van der Waals surface area contributed by atoms with Crippen LogP contribution in [-0.2, 0) is 4.74 Å². The summed E-state index contributed by atoms with van der Waals surface area (Å²) >= 11 is 0. The lowest BCUT2D eigenvalue weighted by Crippen LogP contribution is -2.65. The van der Waals surface area contributed by atoms with Crippen molar-refractivity contribution >= 4 is 11.8 Å². The summed E-state index contributed by atoms with van der Waals surface area (Å²) in [6.45, 7) is 3.58. The Morgan fingerprint density at radius 3 is 2.87 bits per heavy atom. The SMILES string of the molecule is CCCN1[C@@H]2COCCN2C(=O)c2c(O)c(=O)c(C(N)=O)cn21. The lowest BCUT2D eigenvalue weighted by molar-refractivity contribution is -0.0171. The largest absolute Gasteiger partial charge is 0.502 e. The normalized spacial score (nSPS) is 20.2. The average molecular weight is 322 g/mol. The fourth-order valence-electron chi connectivity index (χ4n) is 3.01. The number of ether oxygens (including phenoxy) is 1. The molecule has 2 amide bonds. The first-order chi connectivity index (χ1) is 11.0. The summed E-state index contributed by atoms with van der Waals surface area (Å²) in [5.74, 6) is -2.17. The number of primary amides is 1. The summed E-state index contributed by atoms with van der Waals surface area (Å²) in [5.41, 5.74) is 3.77. The van der Waals surface area contributed by atoms with Crippen LogP contribution in [0.15, 0.2) is 11.0 Å². The number of carbonyl (C=O) groups excluding carboxylic acids is 2. The topological polar surface area (TPSA) is 118 Å². The summed E-state index contributed by atoms with van der Waals surface area (Å²) in [6.07, 6.45) is 1.63. The fourth-order valence-corrected chi connectivity index (χ4v) is 3.01. The fraction of sp³-hybridized carbons (Fsp3) is 0.500. The minimum atomic E-state index is -0.952. The van der Waals surface area contributed by atoms with Gasteiger partial charge in [0.1, 0.15) is 11.7 Å². The van der Waals surface area contributed by atoms with Crippen LogP contribution in [0, 0.1) is 0 Å². The molecule has 0 saturated carbocycles. The zero-order valence-corrected chi connectivity index (χ0v) is 12.7. The van der Waals surface area contributed by atoms with E-state index in [1.165, 1.54) is 10.9 Å². The van der Waals surface area contributed by atoms with Crippen molar-refractivity contribution < 1.29 is 19.4 Å². The summed E-state index contributed by atoms with van der Waals surface area (Å²) in [4.78, 5) is 37.8. The van der Waals surface area contributed by atoms with Crippen molar-refractivity contribution in [3.8, 4) is 5.75 Å². The molecule has 0 aromatic carbocycles. The molecule has 0 radical (unpaired) electrons. The maximum Gasteiger partial charge on any atom is 0.278 e. The van der Waals surface area contributed by atoms with Crippen LogP contribution < -0.4 is 16.2 Å². The Labute approximate surface area is 131 Å². The van der Waals surface area contributed by atoms with E-state index in [1.54, 1.807) is 9.91 Å². The van der Waals surface area contributed by atoms with Crippen LogP contribution in [0.25, 0.3) is 0 Å². The monoisotopic (exact) mass is 322 g/mol. The Bertz CT molecular complexity index is 729. The number of pyridine rings is 1. The van der Waals surface area contributed by atoms with Crippen LogP contribution in [0.3, 0.4) is 0 Å². The molecule has 0 bridgehead atoms. The van der Waals surface area contributed by atoms with Gasteiger partial charge in [-0.25, -0.2) is 0 Å². The number of morpholine rings is 1. The second-order valence-corrected chi connectivity index (χ2v) is 5.50. The van der Waals surface area contributed by atoms with Crippen molar-refractivity contribution in [2.75, 3.05) is 31.3 Å². The van der Waals surface area contributed by atoms with Gasteiger partial charge in [0, 0.05) is 19.3 Å². The predicted octanol–water partition coefficient (Wildman–Crippen LogP) is -1.19. The van der Waals surface area contributed by atoms with Crippen molar-refractivity contribution in [2.45, 2.75) is 19.5 Å². The van der Waals surface area contributed by atoms with Crippen LogP contribution in [-0.4, -0.2) is 59.0 Å². The Morgan fingerprint density at radius 2 is 2.22 bits per heavy atom. The molecule has 0 aliphatic carbocycles. The Balaban J connectivity index is 2.24. The number of aromatic hydroxyl groups is 1. The molecule has 9 heteroatoms. The first-order valence-electron chi connectivity index (χ1n) is 7.41. The number of carbonyl (C=O) groups is 2. The van der Waals surface area contributed by atoms with E-state index in [2.05, 4.69) is 0 Å². The highest BCUT2D eigenvalue weighted by Crippen LogP contribution is 2.26. The number of nitrogens with zero attached hydrogens (tertiary/aromatic N) is 3. The molecule has 1 saturated heterocycles. The molecule has 2 aliphatic heterocycles. The van der Waals surface area contributed by atoms with E-state index in [1.807, 2.05) is 6.92 Å². The van der Waals surface area contributed by atoms with E-state index in [-0.39, 0.29) is 17.4 Å². The number of amides is 2. The summed E-state index contributed by atoms with van der Waals surface area (Å²) in [7, 11) is 0. The molecule has 9 nitrogen and oxygen atoms in total. The molecule has 2 aliphatic rings.